The van der Waals surface area contributed by atoms with Crippen molar-refractivity contribution < 1.29 is 14.6 Å². The molecule has 0 aliphatic heterocycles. The molecule has 0 fully saturated rings. The van der Waals surface area contributed by atoms with Crippen molar-refractivity contribution in [2.45, 2.75) is 24.9 Å². The molecular formula is C13H16N4O3S. The van der Waals surface area contributed by atoms with Gasteiger partial charge in [0.2, 0.25) is 5.88 Å². The van der Waals surface area contributed by atoms with E-state index in [4.69, 9.17) is 9.84 Å². The summed E-state index contributed by atoms with van der Waals surface area (Å²) in [5, 5.41) is 17.6. The van der Waals surface area contributed by atoms with Gasteiger partial charge in [-0.3, -0.25) is 9.36 Å². The lowest BCUT2D eigenvalue weighted by Gasteiger charge is -2.09. The van der Waals surface area contributed by atoms with Crippen molar-refractivity contribution >= 4 is 17.7 Å². The normalized spacial score (nSPS) is 10.6. The molecule has 112 valence electrons. The Morgan fingerprint density at radius 3 is 2.81 bits per heavy atom. The van der Waals surface area contributed by atoms with E-state index in [1.807, 2.05) is 10.6 Å². The monoisotopic (exact) mass is 308 g/mol. The molecule has 0 aliphatic rings. The van der Waals surface area contributed by atoms with Gasteiger partial charge in [0.1, 0.15) is 5.82 Å². The molecule has 0 aliphatic carbocycles. The first-order chi connectivity index (χ1) is 10.2. The zero-order valence-corrected chi connectivity index (χ0v) is 12.6. The lowest BCUT2D eigenvalue weighted by atomic mass is 10.3. The van der Waals surface area contributed by atoms with Gasteiger partial charge in [-0.2, -0.15) is 0 Å². The maximum atomic E-state index is 10.7. The second kappa shape index (κ2) is 7.07. The second-order valence-corrected chi connectivity index (χ2v) is 5.17. The minimum atomic E-state index is -0.889. The lowest BCUT2D eigenvalue weighted by molar-refractivity contribution is -0.133. The topological polar surface area (TPSA) is 90.1 Å². The van der Waals surface area contributed by atoms with E-state index < -0.39 is 5.97 Å². The molecular weight excluding hydrogens is 292 g/mol. The Morgan fingerprint density at radius 2 is 2.24 bits per heavy atom. The lowest BCUT2D eigenvalue weighted by Crippen LogP contribution is -2.05. The van der Waals surface area contributed by atoms with Crippen molar-refractivity contribution in [3.05, 3.63) is 24.2 Å². The number of pyridine rings is 1. The molecule has 21 heavy (non-hydrogen) atoms. The molecule has 7 nitrogen and oxygen atoms in total. The number of hydrogen-bond donors (Lipinski definition) is 1. The average molecular weight is 308 g/mol. The quantitative estimate of drug-likeness (QED) is 0.780. The van der Waals surface area contributed by atoms with Gasteiger partial charge in [0.25, 0.3) is 0 Å². The van der Waals surface area contributed by atoms with E-state index in [0.717, 1.165) is 36.1 Å². The number of rotatable bonds is 7. The van der Waals surface area contributed by atoms with Crippen LogP contribution in [0.1, 0.15) is 19.2 Å². The fourth-order valence-corrected chi connectivity index (χ4v) is 2.48. The van der Waals surface area contributed by atoms with E-state index in [9.17, 15) is 4.79 Å². The number of methoxy groups -OCH3 is 1. The van der Waals surface area contributed by atoms with Gasteiger partial charge in [-0.05, 0) is 12.5 Å². The van der Waals surface area contributed by atoms with E-state index in [1.165, 1.54) is 0 Å². The first kappa shape index (κ1) is 15.3. The maximum Gasteiger partial charge on any atom is 0.313 e. The summed E-state index contributed by atoms with van der Waals surface area (Å²) >= 11 is 1.14. The summed E-state index contributed by atoms with van der Waals surface area (Å²) in [5.74, 6) is 0.355. The van der Waals surface area contributed by atoms with Crippen molar-refractivity contribution in [1.82, 2.24) is 19.7 Å². The summed E-state index contributed by atoms with van der Waals surface area (Å²) in [7, 11) is 1.55. The number of ether oxygens (including phenoxy) is 1. The van der Waals surface area contributed by atoms with Crippen molar-refractivity contribution in [2.75, 3.05) is 12.9 Å². The van der Waals surface area contributed by atoms with Crippen molar-refractivity contribution in [2.24, 2.45) is 0 Å². The molecule has 2 aromatic heterocycles. The van der Waals surface area contributed by atoms with Gasteiger partial charge in [-0.15, -0.1) is 10.2 Å². The van der Waals surface area contributed by atoms with Crippen LogP contribution in [0.4, 0.5) is 0 Å². The van der Waals surface area contributed by atoms with E-state index >= 15 is 0 Å². The number of carboxylic acid groups (broad SMARTS) is 1. The predicted molar refractivity (Wildman–Crippen MR) is 78.1 cm³/mol. The van der Waals surface area contributed by atoms with E-state index in [-0.39, 0.29) is 5.75 Å². The minimum absolute atomic E-state index is 0.0617. The third kappa shape index (κ3) is 3.72. The SMILES string of the molecule is CCCc1nnc(SCC(=O)O)n1-c1ccc(OC)nc1. The van der Waals surface area contributed by atoms with Crippen LogP contribution < -0.4 is 4.74 Å². The van der Waals surface area contributed by atoms with E-state index in [1.54, 1.807) is 19.4 Å². The van der Waals surface area contributed by atoms with Crippen molar-refractivity contribution in [1.29, 1.82) is 0 Å². The molecule has 0 amide bonds. The van der Waals surface area contributed by atoms with Gasteiger partial charge >= 0.3 is 5.97 Å². The van der Waals surface area contributed by atoms with Gasteiger partial charge in [0, 0.05) is 12.5 Å². The number of carboxylic acids is 1. The van der Waals surface area contributed by atoms with Gasteiger partial charge in [-0.1, -0.05) is 18.7 Å². The zero-order chi connectivity index (χ0) is 15.2. The smallest absolute Gasteiger partial charge is 0.313 e. The van der Waals surface area contributed by atoms with Gasteiger partial charge in [-0.25, -0.2) is 4.98 Å². The number of thioether (sulfide) groups is 1. The fraction of sp³-hybridized carbons (Fsp3) is 0.385. The Balaban J connectivity index is 2.36. The molecule has 0 radical (unpaired) electrons. The highest BCUT2D eigenvalue weighted by Gasteiger charge is 2.15. The van der Waals surface area contributed by atoms with Crippen molar-refractivity contribution in [3.8, 4) is 11.6 Å². The molecule has 0 spiro atoms. The number of nitrogens with zero attached hydrogens (tertiary/aromatic N) is 4. The molecule has 0 bridgehead atoms. The molecule has 0 saturated heterocycles. The fourth-order valence-electron chi connectivity index (χ4n) is 1.79. The first-order valence-corrected chi connectivity index (χ1v) is 7.43. The van der Waals surface area contributed by atoms with Gasteiger partial charge < -0.3 is 9.84 Å². The molecule has 0 atom stereocenters. The Hall–Kier alpha value is -2.09. The molecule has 2 heterocycles. The maximum absolute atomic E-state index is 10.7. The number of hydrogen-bond acceptors (Lipinski definition) is 6. The van der Waals surface area contributed by atoms with E-state index in [0.29, 0.717) is 11.0 Å². The molecule has 8 heteroatoms. The van der Waals surface area contributed by atoms with Gasteiger partial charge in [0.15, 0.2) is 5.16 Å². The van der Waals surface area contributed by atoms with Crippen LogP contribution in [-0.4, -0.2) is 43.7 Å². The minimum Gasteiger partial charge on any atom is -0.481 e. The van der Waals surface area contributed by atoms with Crippen LogP contribution in [0.5, 0.6) is 5.88 Å². The van der Waals surface area contributed by atoms with Crippen LogP contribution in [0.2, 0.25) is 0 Å². The summed E-state index contributed by atoms with van der Waals surface area (Å²) in [4.78, 5) is 14.9. The number of aliphatic carboxylic acids is 1. The zero-order valence-electron chi connectivity index (χ0n) is 11.8. The van der Waals surface area contributed by atoms with Crippen LogP contribution in [0.15, 0.2) is 23.5 Å². The highest BCUT2D eigenvalue weighted by atomic mass is 32.2. The number of carbonyl (C=O) groups is 1. The highest BCUT2D eigenvalue weighted by molar-refractivity contribution is 7.99. The van der Waals surface area contributed by atoms with Gasteiger partial charge in [0.05, 0.1) is 24.7 Å². The summed E-state index contributed by atoms with van der Waals surface area (Å²) in [5.41, 5.74) is 0.789. The van der Waals surface area contributed by atoms with Crippen LogP contribution >= 0.6 is 11.8 Å². The number of aromatic nitrogens is 4. The largest absolute Gasteiger partial charge is 0.481 e. The van der Waals surface area contributed by atoms with Crippen LogP contribution in [0, 0.1) is 0 Å². The molecule has 2 rings (SSSR count). The Labute approximate surface area is 126 Å². The molecule has 0 saturated carbocycles. The van der Waals surface area contributed by atoms with Crippen LogP contribution in [0.25, 0.3) is 5.69 Å². The molecule has 0 unspecified atom stereocenters. The Kier molecular flexibility index (Phi) is 5.15. The van der Waals surface area contributed by atoms with E-state index in [2.05, 4.69) is 22.1 Å². The van der Waals surface area contributed by atoms with Crippen LogP contribution in [0.3, 0.4) is 0 Å². The summed E-state index contributed by atoms with van der Waals surface area (Å²) in [6.07, 6.45) is 3.34. The van der Waals surface area contributed by atoms with Crippen molar-refractivity contribution in [3.63, 3.8) is 0 Å². The molecule has 2 aromatic rings. The summed E-state index contributed by atoms with van der Waals surface area (Å²) in [6, 6.07) is 3.59. The molecule has 0 aromatic carbocycles. The highest BCUT2D eigenvalue weighted by Crippen LogP contribution is 2.23. The third-order valence-electron chi connectivity index (χ3n) is 2.69. The predicted octanol–water partition coefficient (Wildman–Crippen LogP) is 1.80. The first-order valence-electron chi connectivity index (χ1n) is 6.45. The summed E-state index contributed by atoms with van der Waals surface area (Å²) in [6.45, 7) is 2.05. The average Bonchev–Trinajstić information content (AvgIpc) is 2.88. The number of aryl methyl sites for hydroxylation is 1. The Bertz CT molecular complexity index is 612. The second-order valence-electron chi connectivity index (χ2n) is 4.23. The standard InChI is InChI=1S/C13H16N4O3S/c1-3-4-10-15-16-13(21-8-12(18)19)17(10)9-5-6-11(20-2)14-7-9/h5-7H,3-4,8H2,1-2H3,(H,18,19). The summed E-state index contributed by atoms with van der Waals surface area (Å²) < 4.78 is 6.88. The molecule has 1 N–H and O–H groups in total. The Morgan fingerprint density at radius 1 is 1.43 bits per heavy atom. The van der Waals surface area contributed by atoms with Crippen LogP contribution in [-0.2, 0) is 11.2 Å². The third-order valence-corrected chi connectivity index (χ3v) is 3.60.